The molecule has 0 unspecified atom stereocenters. The van der Waals surface area contributed by atoms with E-state index < -0.39 is 4.92 Å². The van der Waals surface area contributed by atoms with Crippen molar-refractivity contribution < 1.29 is 14.4 Å². The van der Waals surface area contributed by atoms with E-state index in [2.05, 4.69) is 19.9 Å². The maximum Gasteiger partial charge on any atom is 0.297 e. The molecular formula is C28H38N2O5. The van der Waals surface area contributed by atoms with E-state index in [4.69, 9.17) is 9.47 Å². The number of aromatic nitrogens is 1. The van der Waals surface area contributed by atoms with Gasteiger partial charge >= 0.3 is 0 Å². The Kier molecular flexibility index (Phi) is 10.8. The van der Waals surface area contributed by atoms with Gasteiger partial charge in [-0.2, -0.15) is 0 Å². The van der Waals surface area contributed by atoms with Crippen LogP contribution in [0, 0.1) is 10.1 Å². The Morgan fingerprint density at radius 2 is 1.66 bits per heavy atom. The summed E-state index contributed by atoms with van der Waals surface area (Å²) in [5.74, 6) is 0.457. The molecule has 1 aromatic heterocycles. The molecule has 0 saturated heterocycles. The van der Waals surface area contributed by atoms with Crippen molar-refractivity contribution in [2.75, 3.05) is 13.2 Å². The van der Waals surface area contributed by atoms with E-state index in [0.29, 0.717) is 23.2 Å². The normalized spacial score (nSPS) is 11.3. The summed E-state index contributed by atoms with van der Waals surface area (Å²) in [5.41, 5.74) is 3.62. The lowest BCUT2D eigenvalue weighted by Crippen LogP contribution is -2.24. The molecule has 0 spiro atoms. The first kappa shape index (κ1) is 27.9. The van der Waals surface area contributed by atoms with Crippen molar-refractivity contribution in [2.24, 2.45) is 0 Å². The van der Waals surface area contributed by atoms with E-state index in [9.17, 15) is 14.9 Å². The van der Waals surface area contributed by atoms with Gasteiger partial charge in [0.05, 0.1) is 10.4 Å². The number of benzene rings is 1. The van der Waals surface area contributed by atoms with E-state index in [-0.39, 0.29) is 30.2 Å². The van der Waals surface area contributed by atoms with Gasteiger partial charge in [-0.25, -0.2) is 0 Å². The van der Waals surface area contributed by atoms with Crippen molar-refractivity contribution in [2.45, 2.75) is 73.8 Å². The third-order valence-corrected chi connectivity index (χ3v) is 5.58. The molecule has 190 valence electrons. The first-order valence-electron chi connectivity index (χ1n) is 12.2. The minimum atomic E-state index is -0.453. The fraction of sp³-hybridized carbons (Fsp3) is 0.464. The predicted octanol–water partition coefficient (Wildman–Crippen LogP) is 7.13. The molecule has 0 N–H and O–H groups in total. The number of nitro groups is 1. The van der Waals surface area contributed by atoms with Crippen molar-refractivity contribution in [3.8, 4) is 11.5 Å². The summed E-state index contributed by atoms with van der Waals surface area (Å²) in [4.78, 5) is 24.5. The number of pyridine rings is 1. The molecule has 0 saturated carbocycles. The van der Waals surface area contributed by atoms with E-state index in [1.807, 2.05) is 39.8 Å². The molecule has 0 atom stereocenters. The van der Waals surface area contributed by atoms with E-state index in [1.54, 1.807) is 10.6 Å². The van der Waals surface area contributed by atoms with Gasteiger partial charge in [-0.15, -0.1) is 0 Å². The predicted molar refractivity (Wildman–Crippen MR) is 143 cm³/mol. The highest BCUT2D eigenvalue weighted by molar-refractivity contribution is 5.89. The summed E-state index contributed by atoms with van der Waals surface area (Å²) in [5, 5.41) is 12.0. The van der Waals surface area contributed by atoms with E-state index in [1.165, 1.54) is 23.3 Å². The average Bonchev–Trinajstić information content (AvgIpc) is 2.79. The van der Waals surface area contributed by atoms with Crippen molar-refractivity contribution in [1.29, 1.82) is 0 Å². The molecule has 1 aromatic carbocycles. The van der Waals surface area contributed by atoms with E-state index in [0.717, 1.165) is 31.3 Å². The van der Waals surface area contributed by atoms with Gasteiger partial charge in [-0.05, 0) is 72.1 Å². The summed E-state index contributed by atoms with van der Waals surface area (Å²) in [6.45, 7) is 13.1. The Bertz CT molecular complexity index is 1180. The fourth-order valence-electron chi connectivity index (χ4n) is 3.56. The minimum Gasteiger partial charge on any atom is -0.485 e. The summed E-state index contributed by atoms with van der Waals surface area (Å²) >= 11 is 0. The SMILES string of the molecule is CCCCn1c(=O)c(OCC=C(C)CCC=C(C)C)c(OCC=C(C)C)c2ccc([N+](=O)[O-])cc21. The first-order chi connectivity index (χ1) is 16.6. The number of aryl methyl sites for hydroxylation is 1. The number of fused-ring (bicyclic) bond motifs is 1. The zero-order chi connectivity index (χ0) is 26.0. The molecule has 0 aliphatic carbocycles. The lowest BCUT2D eigenvalue weighted by Gasteiger charge is -2.18. The van der Waals surface area contributed by atoms with Gasteiger partial charge in [0.1, 0.15) is 13.2 Å². The molecule has 1 heterocycles. The molecule has 0 aliphatic rings. The maximum absolute atomic E-state index is 13.6. The number of unbranched alkanes of at least 4 members (excludes halogenated alkanes) is 1. The van der Waals surface area contributed by atoms with Crippen molar-refractivity contribution in [3.63, 3.8) is 0 Å². The third kappa shape index (κ3) is 8.12. The summed E-state index contributed by atoms with van der Waals surface area (Å²) in [7, 11) is 0. The Hall–Kier alpha value is -3.35. The van der Waals surface area contributed by atoms with Crippen LogP contribution in [0.2, 0.25) is 0 Å². The van der Waals surface area contributed by atoms with Crippen LogP contribution in [0.4, 0.5) is 5.69 Å². The Balaban J connectivity index is 2.55. The lowest BCUT2D eigenvalue weighted by molar-refractivity contribution is -0.384. The van der Waals surface area contributed by atoms with Gasteiger partial charge in [0.2, 0.25) is 5.75 Å². The van der Waals surface area contributed by atoms with Crippen LogP contribution in [0.5, 0.6) is 11.5 Å². The number of hydrogen-bond acceptors (Lipinski definition) is 5. The van der Waals surface area contributed by atoms with Gasteiger partial charge in [0.15, 0.2) is 5.75 Å². The van der Waals surface area contributed by atoms with E-state index >= 15 is 0 Å². The number of ether oxygens (including phenoxy) is 2. The number of non-ortho nitro benzene ring substituents is 1. The maximum atomic E-state index is 13.6. The van der Waals surface area contributed by atoms with Gasteiger partial charge in [0, 0.05) is 24.1 Å². The smallest absolute Gasteiger partial charge is 0.297 e. The molecule has 7 nitrogen and oxygen atoms in total. The van der Waals surface area contributed by atoms with Crippen LogP contribution in [-0.2, 0) is 6.54 Å². The first-order valence-corrected chi connectivity index (χ1v) is 12.2. The number of rotatable bonds is 13. The number of hydrogen-bond donors (Lipinski definition) is 0. The van der Waals surface area contributed by atoms with Gasteiger partial charge in [0.25, 0.3) is 11.2 Å². The molecule has 7 heteroatoms. The van der Waals surface area contributed by atoms with Crippen LogP contribution < -0.4 is 15.0 Å². The lowest BCUT2D eigenvalue weighted by atomic mass is 10.1. The molecular weight excluding hydrogens is 444 g/mol. The zero-order valence-corrected chi connectivity index (χ0v) is 21.8. The minimum absolute atomic E-state index is 0.0685. The molecule has 2 rings (SSSR count). The fourth-order valence-corrected chi connectivity index (χ4v) is 3.56. The molecule has 0 bridgehead atoms. The average molecular weight is 483 g/mol. The van der Waals surface area contributed by atoms with Crippen LogP contribution >= 0.6 is 0 Å². The van der Waals surface area contributed by atoms with Crippen LogP contribution in [0.1, 0.15) is 67.2 Å². The Morgan fingerprint density at radius 3 is 2.29 bits per heavy atom. The largest absolute Gasteiger partial charge is 0.485 e. The van der Waals surface area contributed by atoms with Gasteiger partial charge in [-0.3, -0.25) is 14.9 Å². The highest BCUT2D eigenvalue weighted by atomic mass is 16.6. The summed E-state index contributed by atoms with van der Waals surface area (Å²) in [6.07, 6.45) is 9.61. The highest BCUT2D eigenvalue weighted by Crippen LogP contribution is 2.35. The molecule has 35 heavy (non-hydrogen) atoms. The number of nitro benzene ring substituents is 1. The third-order valence-electron chi connectivity index (χ3n) is 5.58. The zero-order valence-electron chi connectivity index (χ0n) is 21.8. The Labute approximate surface area is 207 Å². The van der Waals surface area contributed by atoms with Crippen molar-refractivity contribution >= 4 is 16.6 Å². The van der Waals surface area contributed by atoms with Crippen LogP contribution in [0.3, 0.4) is 0 Å². The van der Waals surface area contributed by atoms with Gasteiger partial charge < -0.3 is 14.0 Å². The molecule has 0 fully saturated rings. The number of nitrogens with zero attached hydrogens (tertiary/aromatic N) is 2. The summed E-state index contributed by atoms with van der Waals surface area (Å²) < 4.78 is 13.6. The monoisotopic (exact) mass is 482 g/mol. The van der Waals surface area contributed by atoms with Crippen LogP contribution in [-0.4, -0.2) is 22.7 Å². The second-order valence-corrected chi connectivity index (χ2v) is 9.20. The second-order valence-electron chi connectivity index (χ2n) is 9.20. The summed E-state index contributed by atoms with van der Waals surface area (Å²) in [6, 6.07) is 4.51. The van der Waals surface area contributed by atoms with Gasteiger partial charge in [-0.1, -0.05) is 36.1 Å². The number of allylic oxidation sites excluding steroid dienone is 4. The highest BCUT2D eigenvalue weighted by Gasteiger charge is 2.21. The molecule has 0 aliphatic heterocycles. The standard InChI is InChI=1S/C28H38N2O5/c1-7-8-16-29-25-19-23(30(32)33)12-13-24(25)26(34-17-14-21(4)5)27(28(29)31)35-18-15-22(6)11-9-10-20(2)3/h10,12-15,19H,7-9,11,16-18H2,1-6H3. The quantitative estimate of drug-likeness (QED) is 0.172. The second kappa shape index (κ2) is 13.5. The van der Waals surface area contributed by atoms with Crippen LogP contribution in [0.25, 0.3) is 10.9 Å². The molecule has 2 aromatic rings. The molecule has 0 amide bonds. The molecule has 0 radical (unpaired) electrons. The van der Waals surface area contributed by atoms with Crippen molar-refractivity contribution in [1.82, 2.24) is 4.57 Å². The van der Waals surface area contributed by atoms with Crippen LogP contribution in [0.15, 0.2) is 57.9 Å². The van der Waals surface area contributed by atoms with Crippen molar-refractivity contribution in [3.05, 3.63) is 73.6 Å². The topological polar surface area (TPSA) is 83.6 Å². The Morgan fingerprint density at radius 1 is 1.00 bits per heavy atom.